The van der Waals surface area contributed by atoms with Crippen LogP contribution in [0.5, 0.6) is 5.75 Å². The summed E-state index contributed by atoms with van der Waals surface area (Å²) >= 11 is 5.79. The normalized spacial score (nSPS) is 10.8. The van der Waals surface area contributed by atoms with Gasteiger partial charge in [0.05, 0.1) is 6.54 Å². The van der Waals surface area contributed by atoms with Gasteiger partial charge >= 0.3 is 0 Å². The van der Waals surface area contributed by atoms with Crippen molar-refractivity contribution in [2.45, 2.75) is 19.9 Å². The third-order valence-electron chi connectivity index (χ3n) is 2.42. The lowest BCUT2D eigenvalue weighted by Gasteiger charge is -2.17. The number of amides is 1. The molecule has 5 heteroatoms. The highest BCUT2D eigenvalue weighted by atomic mass is 35.5. The van der Waals surface area contributed by atoms with Gasteiger partial charge in [0.2, 0.25) is 5.91 Å². The number of hydrogen-bond acceptors (Lipinski definition) is 3. The number of benzene rings is 1. The average Bonchev–Trinajstić information content (AvgIpc) is 2.30. The van der Waals surface area contributed by atoms with Gasteiger partial charge in [-0.1, -0.05) is 11.6 Å². The lowest BCUT2D eigenvalue weighted by atomic mass is 10.3. The van der Waals surface area contributed by atoms with Gasteiger partial charge in [0.1, 0.15) is 12.4 Å². The van der Waals surface area contributed by atoms with Crippen molar-refractivity contribution in [1.29, 1.82) is 0 Å². The Hall–Kier alpha value is -1.26. The Morgan fingerprint density at radius 2 is 2.00 bits per heavy atom. The second-order valence-corrected chi connectivity index (χ2v) is 5.20. The SMILES string of the molecule is CC(C)NC(=O)CN(C)CCOc1ccc(Cl)cc1. The van der Waals surface area contributed by atoms with Crippen molar-refractivity contribution in [1.82, 2.24) is 10.2 Å². The number of rotatable bonds is 7. The lowest BCUT2D eigenvalue weighted by Crippen LogP contribution is -2.39. The molecule has 0 unspecified atom stereocenters. The first kappa shape index (κ1) is 15.8. The lowest BCUT2D eigenvalue weighted by molar-refractivity contribution is -0.122. The minimum absolute atomic E-state index is 0.0315. The first-order valence-electron chi connectivity index (χ1n) is 6.33. The number of nitrogens with zero attached hydrogens (tertiary/aromatic N) is 1. The van der Waals surface area contributed by atoms with Crippen molar-refractivity contribution in [3.63, 3.8) is 0 Å². The second kappa shape index (κ2) is 8.02. The van der Waals surface area contributed by atoms with Crippen LogP contribution in [0.4, 0.5) is 0 Å². The van der Waals surface area contributed by atoms with Gasteiger partial charge in [-0.25, -0.2) is 0 Å². The quantitative estimate of drug-likeness (QED) is 0.834. The fraction of sp³-hybridized carbons (Fsp3) is 0.500. The predicted octanol–water partition coefficient (Wildman–Crippen LogP) is 2.18. The van der Waals surface area contributed by atoms with E-state index in [2.05, 4.69) is 5.32 Å². The Morgan fingerprint density at radius 3 is 2.58 bits per heavy atom. The molecule has 1 rings (SSSR count). The molecule has 106 valence electrons. The molecule has 0 atom stereocenters. The van der Waals surface area contributed by atoms with Crippen LogP contribution in [0.1, 0.15) is 13.8 Å². The second-order valence-electron chi connectivity index (χ2n) is 4.76. The summed E-state index contributed by atoms with van der Waals surface area (Å²) < 4.78 is 5.56. The molecule has 1 N–H and O–H groups in total. The Labute approximate surface area is 119 Å². The fourth-order valence-corrected chi connectivity index (χ4v) is 1.67. The van der Waals surface area contributed by atoms with Crippen LogP contribution in [-0.4, -0.2) is 43.6 Å². The summed E-state index contributed by atoms with van der Waals surface area (Å²) in [5.74, 6) is 0.813. The molecule has 0 radical (unpaired) electrons. The van der Waals surface area contributed by atoms with Crippen molar-refractivity contribution >= 4 is 17.5 Å². The van der Waals surface area contributed by atoms with Crippen LogP contribution in [0, 0.1) is 0 Å². The molecule has 1 aromatic rings. The summed E-state index contributed by atoms with van der Waals surface area (Å²) in [5, 5.41) is 3.54. The van der Waals surface area contributed by atoms with E-state index in [9.17, 15) is 4.79 Å². The summed E-state index contributed by atoms with van der Waals surface area (Å²) in [6, 6.07) is 7.40. The standard InChI is InChI=1S/C14H21ClN2O2/c1-11(2)16-14(18)10-17(3)8-9-19-13-6-4-12(15)5-7-13/h4-7,11H,8-10H2,1-3H3,(H,16,18). The van der Waals surface area contributed by atoms with Crippen LogP contribution in [0.2, 0.25) is 5.02 Å². The Kier molecular flexibility index (Phi) is 6.67. The molecule has 1 aromatic carbocycles. The van der Waals surface area contributed by atoms with Crippen molar-refractivity contribution in [3.8, 4) is 5.75 Å². The van der Waals surface area contributed by atoms with Crippen molar-refractivity contribution in [3.05, 3.63) is 29.3 Å². The van der Waals surface area contributed by atoms with Crippen molar-refractivity contribution < 1.29 is 9.53 Å². The summed E-state index contributed by atoms with van der Waals surface area (Å²) in [6.07, 6.45) is 0. The zero-order chi connectivity index (χ0) is 14.3. The van der Waals surface area contributed by atoms with Crippen LogP contribution >= 0.6 is 11.6 Å². The highest BCUT2D eigenvalue weighted by Gasteiger charge is 2.07. The van der Waals surface area contributed by atoms with Gasteiger partial charge in [-0.15, -0.1) is 0 Å². The molecule has 19 heavy (non-hydrogen) atoms. The summed E-state index contributed by atoms with van der Waals surface area (Å²) in [4.78, 5) is 13.5. The van der Waals surface area contributed by atoms with Gasteiger partial charge in [0.15, 0.2) is 0 Å². The third kappa shape index (κ3) is 7.03. The fourth-order valence-electron chi connectivity index (χ4n) is 1.54. The van der Waals surface area contributed by atoms with E-state index in [0.29, 0.717) is 24.7 Å². The topological polar surface area (TPSA) is 41.6 Å². The highest BCUT2D eigenvalue weighted by molar-refractivity contribution is 6.30. The summed E-state index contributed by atoms with van der Waals surface area (Å²) in [6.45, 7) is 5.49. The minimum Gasteiger partial charge on any atom is -0.492 e. The molecule has 0 aliphatic rings. The maximum Gasteiger partial charge on any atom is 0.234 e. The summed E-state index contributed by atoms with van der Waals surface area (Å²) in [5.41, 5.74) is 0. The van der Waals surface area contributed by atoms with Gasteiger partial charge in [0.25, 0.3) is 0 Å². The Morgan fingerprint density at radius 1 is 1.37 bits per heavy atom. The molecule has 0 spiro atoms. The molecule has 0 saturated carbocycles. The van der Waals surface area contributed by atoms with Crippen molar-refractivity contribution in [2.75, 3.05) is 26.7 Å². The molecule has 1 amide bonds. The monoisotopic (exact) mass is 284 g/mol. The molecule has 0 bridgehead atoms. The minimum atomic E-state index is 0.0315. The zero-order valence-electron chi connectivity index (χ0n) is 11.6. The molecule has 4 nitrogen and oxygen atoms in total. The van der Waals surface area contributed by atoms with Crippen molar-refractivity contribution in [2.24, 2.45) is 0 Å². The first-order chi connectivity index (χ1) is 8.97. The van der Waals surface area contributed by atoms with Crippen LogP contribution < -0.4 is 10.1 Å². The van der Waals surface area contributed by atoms with E-state index < -0.39 is 0 Å². The van der Waals surface area contributed by atoms with E-state index in [1.165, 1.54) is 0 Å². The number of ether oxygens (including phenoxy) is 1. The molecular weight excluding hydrogens is 264 g/mol. The van der Waals surface area contributed by atoms with Crippen LogP contribution in [0.25, 0.3) is 0 Å². The molecule has 0 saturated heterocycles. The molecule has 0 fully saturated rings. The Bertz CT molecular complexity index is 393. The van der Waals surface area contributed by atoms with Gasteiger partial charge < -0.3 is 10.1 Å². The summed E-state index contributed by atoms with van der Waals surface area (Å²) in [7, 11) is 1.89. The van der Waals surface area contributed by atoms with Gasteiger partial charge in [-0.3, -0.25) is 9.69 Å². The maximum absolute atomic E-state index is 11.5. The molecular formula is C14H21ClN2O2. The molecule has 0 heterocycles. The molecule has 0 aliphatic heterocycles. The van der Waals surface area contributed by atoms with Gasteiger partial charge in [-0.05, 0) is 45.2 Å². The predicted molar refractivity (Wildman–Crippen MR) is 77.7 cm³/mol. The zero-order valence-corrected chi connectivity index (χ0v) is 12.4. The number of carbonyl (C=O) groups is 1. The average molecular weight is 285 g/mol. The number of hydrogen-bond donors (Lipinski definition) is 1. The smallest absolute Gasteiger partial charge is 0.234 e. The first-order valence-corrected chi connectivity index (χ1v) is 6.71. The molecule has 0 aromatic heterocycles. The highest BCUT2D eigenvalue weighted by Crippen LogP contribution is 2.15. The largest absolute Gasteiger partial charge is 0.492 e. The van der Waals surface area contributed by atoms with E-state index in [4.69, 9.17) is 16.3 Å². The van der Waals surface area contributed by atoms with E-state index in [-0.39, 0.29) is 11.9 Å². The van der Waals surface area contributed by atoms with Gasteiger partial charge in [-0.2, -0.15) is 0 Å². The van der Waals surface area contributed by atoms with E-state index in [0.717, 1.165) is 5.75 Å². The number of carbonyl (C=O) groups excluding carboxylic acids is 1. The number of halogens is 1. The van der Waals surface area contributed by atoms with Gasteiger partial charge in [0, 0.05) is 17.6 Å². The maximum atomic E-state index is 11.5. The number of nitrogens with one attached hydrogen (secondary N) is 1. The van der Waals surface area contributed by atoms with Crippen LogP contribution in [0.15, 0.2) is 24.3 Å². The van der Waals surface area contributed by atoms with E-state index in [1.807, 2.05) is 37.9 Å². The Balaban J connectivity index is 2.21. The van der Waals surface area contributed by atoms with Crippen LogP contribution in [-0.2, 0) is 4.79 Å². The molecule has 0 aliphatic carbocycles. The van der Waals surface area contributed by atoms with E-state index >= 15 is 0 Å². The van der Waals surface area contributed by atoms with E-state index in [1.54, 1.807) is 12.1 Å². The van der Waals surface area contributed by atoms with Crippen LogP contribution in [0.3, 0.4) is 0 Å². The number of likely N-dealkylation sites (N-methyl/N-ethyl adjacent to an activating group) is 1. The third-order valence-corrected chi connectivity index (χ3v) is 2.67.